The van der Waals surface area contributed by atoms with E-state index in [2.05, 4.69) is 58.9 Å². The molecule has 0 aliphatic heterocycles. The van der Waals surface area contributed by atoms with Crippen LogP contribution in [0.1, 0.15) is 47.5 Å². The van der Waals surface area contributed by atoms with E-state index in [0.29, 0.717) is 17.9 Å². The van der Waals surface area contributed by atoms with Crippen molar-refractivity contribution >= 4 is 5.91 Å². The van der Waals surface area contributed by atoms with E-state index in [9.17, 15) is 4.79 Å². The van der Waals surface area contributed by atoms with Crippen LogP contribution < -0.4 is 11.1 Å². The van der Waals surface area contributed by atoms with Crippen LogP contribution in [-0.4, -0.2) is 43.5 Å². The van der Waals surface area contributed by atoms with E-state index in [4.69, 9.17) is 5.73 Å². The zero-order valence-electron chi connectivity index (χ0n) is 14.9. The molecule has 4 nitrogen and oxygen atoms in total. The standard InChI is InChI=1S/C17H35N3O/c1-11(2)15(20(6)7)10-19-16(21)13-8-9-14(18)12(3)17(13,4)5/h11-15H,8-10,18H2,1-7H3,(H,19,21). The molecule has 0 radical (unpaired) electrons. The van der Waals surface area contributed by atoms with Crippen molar-refractivity contribution < 1.29 is 4.79 Å². The fourth-order valence-corrected chi connectivity index (χ4v) is 3.66. The van der Waals surface area contributed by atoms with Crippen LogP contribution in [0.3, 0.4) is 0 Å². The van der Waals surface area contributed by atoms with E-state index in [1.165, 1.54) is 0 Å². The van der Waals surface area contributed by atoms with Gasteiger partial charge in [0.2, 0.25) is 5.91 Å². The molecule has 0 aromatic rings. The predicted octanol–water partition coefficient (Wildman–Crippen LogP) is 2.09. The van der Waals surface area contributed by atoms with Gasteiger partial charge in [0.15, 0.2) is 0 Å². The number of rotatable bonds is 5. The molecule has 0 aromatic heterocycles. The Morgan fingerprint density at radius 3 is 2.38 bits per heavy atom. The first kappa shape index (κ1) is 18.4. The second kappa shape index (κ2) is 7.10. The summed E-state index contributed by atoms with van der Waals surface area (Å²) < 4.78 is 0. The number of carbonyl (C=O) groups excluding carboxylic acids is 1. The first-order chi connectivity index (χ1) is 9.59. The Hall–Kier alpha value is -0.610. The first-order valence-electron chi connectivity index (χ1n) is 8.28. The van der Waals surface area contributed by atoms with E-state index < -0.39 is 0 Å². The number of nitrogens with zero attached hydrogens (tertiary/aromatic N) is 1. The highest BCUT2D eigenvalue weighted by Gasteiger charge is 2.44. The van der Waals surface area contributed by atoms with Gasteiger partial charge in [-0.3, -0.25) is 4.79 Å². The lowest BCUT2D eigenvalue weighted by atomic mass is 9.61. The Balaban J connectivity index is 2.67. The molecule has 1 fully saturated rings. The molecule has 0 aromatic carbocycles. The molecule has 1 aliphatic rings. The van der Waals surface area contributed by atoms with Gasteiger partial charge in [-0.25, -0.2) is 0 Å². The summed E-state index contributed by atoms with van der Waals surface area (Å²) in [4.78, 5) is 14.8. The van der Waals surface area contributed by atoms with Gasteiger partial charge in [0.05, 0.1) is 0 Å². The number of likely N-dealkylation sites (N-methyl/N-ethyl adjacent to an activating group) is 1. The van der Waals surface area contributed by atoms with Crippen LogP contribution in [0.25, 0.3) is 0 Å². The van der Waals surface area contributed by atoms with Crippen molar-refractivity contribution in [2.75, 3.05) is 20.6 Å². The fraction of sp³-hybridized carbons (Fsp3) is 0.941. The van der Waals surface area contributed by atoms with Crippen LogP contribution in [0.5, 0.6) is 0 Å². The summed E-state index contributed by atoms with van der Waals surface area (Å²) in [5.41, 5.74) is 6.14. The van der Waals surface area contributed by atoms with E-state index in [1.807, 2.05) is 0 Å². The molecule has 1 saturated carbocycles. The van der Waals surface area contributed by atoms with Crippen LogP contribution in [-0.2, 0) is 4.79 Å². The lowest BCUT2D eigenvalue weighted by Gasteiger charge is -2.46. The monoisotopic (exact) mass is 297 g/mol. The van der Waals surface area contributed by atoms with Crippen LogP contribution in [0.2, 0.25) is 0 Å². The maximum Gasteiger partial charge on any atom is 0.223 e. The summed E-state index contributed by atoms with van der Waals surface area (Å²) in [6, 6.07) is 0.592. The number of amides is 1. The molecule has 1 aliphatic carbocycles. The van der Waals surface area contributed by atoms with Gasteiger partial charge in [0, 0.05) is 24.5 Å². The van der Waals surface area contributed by atoms with Gasteiger partial charge in [-0.1, -0.05) is 34.6 Å². The molecule has 4 atom stereocenters. The van der Waals surface area contributed by atoms with Crippen molar-refractivity contribution in [1.82, 2.24) is 10.2 Å². The average molecular weight is 297 g/mol. The van der Waals surface area contributed by atoms with Crippen molar-refractivity contribution in [3.8, 4) is 0 Å². The summed E-state index contributed by atoms with van der Waals surface area (Å²) >= 11 is 0. The second-order valence-electron chi connectivity index (χ2n) is 7.92. The Labute approximate surface area is 130 Å². The molecule has 124 valence electrons. The molecular weight excluding hydrogens is 262 g/mol. The molecule has 1 rings (SSSR count). The highest BCUT2D eigenvalue weighted by Crippen LogP contribution is 2.44. The van der Waals surface area contributed by atoms with E-state index in [1.54, 1.807) is 0 Å². The lowest BCUT2D eigenvalue weighted by molar-refractivity contribution is -0.132. The number of carbonyl (C=O) groups is 1. The lowest BCUT2D eigenvalue weighted by Crippen LogP contribution is -2.53. The molecule has 0 heterocycles. The van der Waals surface area contributed by atoms with Gasteiger partial charge >= 0.3 is 0 Å². The smallest absolute Gasteiger partial charge is 0.223 e. The third kappa shape index (κ3) is 4.19. The zero-order valence-corrected chi connectivity index (χ0v) is 14.9. The molecule has 1 amide bonds. The summed E-state index contributed by atoms with van der Waals surface area (Å²) in [7, 11) is 4.14. The van der Waals surface area contributed by atoms with Crippen molar-refractivity contribution in [2.45, 2.75) is 59.5 Å². The predicted molar refractivity (Wildman–Crippen MR) is 89.0 cm³/mol. The van der Waals surface area contributed by atoms with Gasteiger partial charge in [-0.05, 0) is 44.2 Å². The van der Waals surface area contributed by atoms with Gasteiger partial charge in [-0.15, -0.1) is 0 Å². The molecular formula is C17H35N3O. The van der Waals surface area contributed by atoms with Crippen molar-refractivity contribution in [3.05, 3.63) is 0 Å². The summed E-state index contributed by atoms with van der Waals surface area (Å²) in [6.45, 7) is 11.7. The Morgan fingerprint density at radius 1 is 1.33 bits per heavy atom. The maximum absolute atomic E-state index is 12.6. The highest BCUT2D eigenvalue weighted by molar-refractivity contribution is 5.79. The Bertz CT molecular complexity index is 344. The highest BCUT2D eigenvalue weighted by atomic mass is 16.1. The minimum Gasteiger partial charge on any atom is -0.354 e. The molecule has 4 heteroatoms. The summed E-state index contributed by atoms with van der Waals surface area (Å²) in [6.07, 6.45) is 1.85. The Kier molecular flexibility index (Phi) is 6.23. The molecule has 0 bridgehead atoms. The third-order valence-corrected chi connectivity index (χ3v) is 5.74. The quantitative estimate of drug-likeness (QED) is 0.817. The normalized spacial score (nSPS) is 30.5. The largest absolute Gasteiger partial charge is 0.354 e. The van der Waals surface area contributed by atoms with Crippen molar-refractivity contribution in [1.29, 1.82) is 0 Å². The number of nitrogens with two attached hydrogens (primary N) is 1. The van der Waals surface area contributed by atoms with Crippen LogP contribution in [0.4, 0.5) is 0 Å². The Morgan fingerprint density at radius 2 is 1.90 bits per heavy atom. The zero-order chi connectivity index (χ0) is 16.4. The van der Waals surface area contributed by atoms with E-state index in [-0.39, 0.29) is 23.3 Å². The molecule has 21 heavy (non-hydrogen) atoms. The minimum atomic E-state index is -0.0345. The maximum atomic E-state index is 12.6. The SMILES string of the molecule is CC(C)C(CNC(=O)C1CCC(N)C(C)C1(C)C)N(C)C. The van der Waals surface area contributed by atoms with Crippen LogP contribution in [0.15, 0.2) is 0 Å². The van der Waals surface area contributed by atoms with E-state index in [0.717, 1.165) is 19.4 Å². The van der Waals surface area contributed by atoms with Crippen molar-refractivity contribution in [2.24, 2.45) is 28.9 Å². The number of hydrogen-bond acceptors (Lipinski definition) is 3. The number of nitrogens with one attached hydrogen (secondary N) is 1. The second-order valence-corrected chi connectivity index (χ2v) is 7.92. The van der Waals surface area contributed by atoms with Gasteiger partial charge in [0.1, 0.15) is 0 Å². The average Bonchev–Trinajstić information content (AvgIpc) is 2.35. The minimum absolute atomic E-state index is 0.0345. The molecule has 0 spiro atoms. The molecule has 3 N–H and O–H groups in total. The van der Waals surface area contributed by atoms with E-state index >= 15 is 0 Å². The van der Waals surface area contributed by atoms with Crippen LogP contribution >= 0.6 is 0 Å². The molecule has 0 saturated heterocycles. The van der Waals surface area contributed by atoms with Gasteiger partial charge in [-0.2, -0.15) is 0 Å². The van der Waals surface area contributed by atoms with Gasteiger partial charge in [0.25, 0.3) is 0 Å². The summed E-state index contributed by atoms with van der Waals surface area (Å²) in [5, 5.41) is 3.18. The van der Waals surface area contributed by atoms with Gasteiger partial charge < -0.3 is 16.0 Å². The molecule has 4 unspecified atom stereocenters. The number of hydrogen-bond donors (Lipinski definition) is 2. The third-order valence-electron chi connectivity index (χ3n) is 5.74. The van der Waals surface area contributed by atoms with Crippen molar-refractivity contribution in [3.63, 3.8) is 0 Å². The first-order valence-corrected chi connectivity index (χ1v) is 8.28. The summed E-state index contributed by atoms with van der Waals surface area (Å²) in [5.74, 6) is 1.16. The topological polar surface area (TPSA) is 58.4 Å². The fourth-order valence-electron chi connectivity index (χ4n) is 3.66. The van der Waals surface area contributed by atoms with Crippen LogP contribution in [0, 0.1) is 23.2 Å².